The smallest absolute Gasteiger partial charge is 0.338 e. The highest BCUT2D eigenvalue weighted by atomic mass is 19.4. The molecule has 2 saturated heterocycles. The average Bonchev–Trinajstić information content (AvgIpc) is 2.97. The summed E-state index contributed by atoms with van der Waals surface area (Å²) in [6.45, 7) is 5.64. The largest absolute Gasteiger partial charge is 0.416 e. The number of likely N-dealkylation sites (tertiary alicyclic amines) is 1. The molecule has 2 aliphatic heterocycles. The number of piperazine rings is 1. The molecular formula is C19H24F3N3O2. The first-order valence-corrected chi connectivity index (χ1v) is 9.14. The van der Waals surface area contributed by atoms with Crippen LogP contribution in [-0.4, -0.2) is 53.3 Å². The molecule has 3 rings (SSSR count). The summed E-state index contributed by atoms with van der Waals surface area (Å²) < 4.78 is 38.6. The predicted octanol–water partition coefficient (Wildman–Crippen LogP) is 2.26. The van der Waals surface area contributed by atoms with Crippen molar-refractivity contribution in [2.24, 2.45) is 5.92 Å². The molecule has 3 atom stereocenters. The van der Waals surface area contributed by atoms with Crippen LogP contribution in [0.1, 0.15) is 31.4 Å². The molecule has 0 radical (unpaired) electrons. The van der Waals surface area contributed by atoms with Gasteiger partial charge in [-0.05, 0) is 31.5 Å². The molecule has 1 N–H and O–H groups in total. The molecule has 2 amide bonds. The van der Waals surface area contributed by atoms with E-state index in [0.29, 0.717) is 18.7 Å². The lowest BCUT2D eigenvalue weighted by Crippen LogP contribution is -2.58. The Kier molecular flexibility index (Phi) is 5.46. The number of amides is 2. The quantitative estimate of drug-likeness (QED) is 0.871. The molecule has 0 bridgehead atoms. The number of carbonyl (C=O) groups excluding carboxylic acids is 2. The number of nitrogens with zero attached hydrogens (tertiary/aromatic N) is 2. The summed E-state index contributed by atoms with van der Waals surface area (Å²) in [6, 6.07) is 5.19. The SMILES string of the molecule is CC1NCCN(C(=O)C2CC(=O)N(Cc3cccc(C(F)(F)F)c3)C2)C1C. The van der Waals surface area contributed by atoms with Gasteiger partial charge in [-0.15, -0.1) is 0 Å². The van der Waals surface area contributed by atoms with Gasteiger partial charge in [0, 0.05) is 44.7 Å². The maximum absolute atomic E-state index is 12.9. The molecule has 0 spiro atoms. The zero-order chi connectivity index (χ0) is 19.8. The highest BCUT2D eigenvalue weighted by molar-refractivity contribution is 5.89. The third-order valence-electron chi connectivity index (χ3n) is 5.51. The van der Waals surface area contributed by atoms with E-state index in [-0.39, 0.29) is 43.4 Å². The first kappa shape index (κ1) is 19.7. The van der Waals surface area contributed by atoms with Crippen LogP contribution in [0.2, 0.25) is 0 Å². The van der Waals surface area contributed by atoms with Crippen LogP contribution in [0.5, 0.6) is 0 Å². The third kappa shape index (κ3) is 4.26. The number of benzene rings is 1. The molecule has 27 heavy (non-hydrogen) atoms. The Labute approximate surface area is 156 Å². The van der Waals surface area contributed by atoms with Crippen molar-refractivity contribution < 1.29 is 22.8 Å². The predicted molar refractivity (Wildman–Crippen MR) is 93.6 cm³/mol. The summed E-state index contributed by atoms with van der Waals surface area (Å²) in [4.78, 5) is 28.5. The van der Waals surface area contributed by atoms with Gasteiger partial charge < -0.3 is 15.1 Å². The summed E-state index contributed by atoms with van der Waals surface area (Å²) >= 11 is 0. The van der Waals surface area contributed by atoms with E-state index in [1.165, 1.54) is 11.0 Å². The lowest BCUT2D eigenvalue weighted by Gasteiger charge is -2.39. The van der Waals surface area contributed by atoms with Crippen LogP contribution in [-0.2, 0) is 22.3 Å². The van der Waals surface area contributed by atoms with E-state index in [4.69, 9.17) is 0 Å². The molecule has 0 aliphatic carbocycles. The number of nitrogens with one attached hydrogen (secondary N) is 1. The normalized spacial score (nSPS) is 26.6. The monoisotopic (exact) mass is 383 g/mol. The zero-order valence-corrected chi connectivity index (χ0v) is 15.4. The summed E-state index contributed by atoms with van der Waals surface area (Å²) in [5.41, 5.74) is -0.321. The number of halogens is 3. The maximum atomic E-state index is 12.9. The van der Waals surface area contributed by atoms with Crippen molar-refractivity contribution in [2.45, 2.75) is 45.1 Å². The van der Waals surface area contributed by atoms with Crippen LogP contribution < -0.4 is 5.32 Å². The Balaban J connectivity index is 1.66. The topological polar surface area (TPSA) is 52.7 Å². The van der Waals surface area contributed by atoms with Gasteiger partial charge in [0.05, 0.1) is 11.5 Å². The average molecular weight is 383 g/mol. The molecule has 0 aromatic heterocycles. The van der Waals surface area contributed by atoms with Crippen molar-refractivity contribution >= 4 is 11.8 Å². The van der Waals surface area contributed by atoms with Crippen LogP contribution >= 0.6 is 0 Å². The summed E-state index contributed by atoms with van der Waals surface area (Å²) in [5, 5.41) is 3.31. The molecule has 8 heteroatoms. The van der Waals surface area contributed by atoms with E-state index in [1.54, 1.807) is 6.07 Å². The minimum atomic E-state index is -4.42. The molecule has 2 aliphatic rings. The molecule has 2 heterocycles. The molecule has 3 unspecified atom stereocenters. The Morgan fingerprint density at radius 2 is 2.04 bits per heavy atom. The fourth-order valence-electron chi connectivity index (χ4n) is 3.76. The van der Waals surface area contributed by atoms with E-state index in [9.17, 15) is 22.8 Å². The highest BCUT2D eigenvalue weighted by Crippen LogP contribution is 2.30. The number of hydrogen-bond donors (Lipinski definition) is 1. The van der Waals surface area contributed by atoms with E-state index in [2.05, 4.69) is 5.32 Å². The van der Waals surface area contributed by atoms with Crippen LogP contribution in [0, 0.1) is 5.92 Å². The number of hydrogen-bond acceptors (Lipinski definition) is 3. The minimum Gasteiger partial charge on any atom is -0.338 e. The van der Waals surface area contributed by atoms with E-state index >= 15 is 0 Å². The van der Waals surface area contributed by atoms with E-state index in [1.807, 2.05) is 18.7 Å². The first-order chi connectivity index (χ1) is 12.7. The zero-order valence-electron chi connectivity index (χ0n) is 15.4. The molecule has 1 aromatic rings. The van der Waals surface area contributed by atoms with Crippen LogP contribution in [0.25, 0.3) is 0 Å². The third-order valence-corrected chi connectivity index (χ3v) is 5.51. The standard InChI is InChI=1S/C19H24F3N3O2/c1-12-13(2)25(7-6-23-12)18(27)15-9-17(26)24(11-15)10-14-4-3-5-16(8-14)19(20,21)22/h3-5,8,12-13,15,23H,6-7,9-11H2,1-2H3. The van der Waals surface area contributed by atoms with Gasteiger partial charge in [-0.2, -0.15) is 13.2 Å². The van der Waals surface area contributed by atoms with Crippen molar-refractivity contribution in [1.29, 1.82) is 0 Å². The van der Waals surface area contributed by atoms with Crippen molar-refractivity contribution in [1.82, 2.24) is 15.1 Å². The Bertz CT molecular complexity index is 722. The van der Waals surface area contributed by atoms with Gasteiger partial charge in [0.15, 0.2) is 0 Å². The summed E-state index contributed by atoms with van der Waals surface area (Å²) in [7, 11) is 0. The highest BCUT2D eigenvalue weighted by Gasteiger charge is 2.39. The van der Waals surface area contributed by atoms with Crippen molar-refractivity contribution in [3.8, 4) is 0 Å². The van der Waals surface area contributed by atoms with Gasteiger partial charge in [-0.25, -0.2) is 0 Å². The Morgan fingerprint density at radius 3 is 2.74 bits per heavy atom. The molecule has 5 nitrogen and oxygen atoms in total. The minimum absolute atomic E-state index is 0.0406. The second kappa shape index (κ2) is 7.50. The second-order valence-corrected chi connectivity index (χ2v) is 7.39. The number of alkyl halides is 3. The van der Waals surface area contributed by atoms with Gasteiger partial charge in [0.2, 0.25) is 11.8 Å². The van der Waals surface area contributed by atoms with Crippen LogP contribution in [0.3, 0.4) is 0 Å². The van der Waals surface area contributed by atoms with Crippen LogP contribution in [0.4, 0.5) is 13.2 Å². The van der Waals surface area contributed by atoms with E-state index in [0.717, 1.165) is 12.1 Å². The molecule has 148 valence electrons. The van der Waals surface area contributed by atoms with Gasteiger partial charge in [0.1, 0.15) is 0 Å². The Morgan fingerprint density at radius 1 is 1.30 bits per heavy atom. The molecular weight excluding hydrogens is 359 g/mol. The number of carbonyl (C=O) groups is 2. The lowest BCUT2D eigenvalue weighted by atomic mass is 10.0. The van der Waals surface area contributed by atoms with Gasteiger partial charge in [-0.1, -0.05) is 12.1 Å². The Hall–Kier alpha value is -2.09. The van der Waals surface area contributed by atoms with Crippen LogP contribution in [0.15, 0.2) is 24.3 Å². The summed E-state index contributed by atoms with van der Waals surface area (Å²) in [6.07, 6.45) is -4.30. The fourth-order valence-corrected chi connectivity index (χ4v) is 3.76. The first-order valence-electron chi connectivity index (χ1n) is 9.14. The number of rotatable bonds is 3. The maximum Gasteiger partial charge on any atom is 0.416 e. The van der Waals surface area contributed by atoms with Crippen molar-refractivity contribution in [3.63, 3.8) is 0 Å². The lowest BCUT2D eigenvalue weighted by molar-refractivity contribution is -0.139. The fraction of sp³-hybridized carbons (Fsp3) is 0.579. The van der Waals surface area contributed by atoms with E-state index < -0.39 is 17.7 Å². The molecule has 0 saturated carbocycles. The van der Waals surface area contributed by atoms with Gasteiger partial charge >= 0.3 is 6.18 Å². The van der Waals surface area contributed by atoms with Gasteiger partial charge in [0.25, 0.3) is 0 Å². The van der Waals surface area contributed by atoms with Gasteiger partial charge in [-0.3, -0.25) is 9.59 Å². The van der Waals surface area contributed by atoms with Crippen molar-refractivity contribution in [3.05, 3.63) is 35.4 Å². The molecule has 2 fully saturated rings. The molecule has 1 aromatic carbocycles. The van der Waals surface area contributed by atoms with Crippen molar-refractivity contribution in [2.75, 3.05) is 19.6 Å². The second-order valence-electron chi connectivity index (χ2n) is 7.39. The summed E-state index contributed by atoms with van der Waals surface area (Å²) in [5.74, 6) is -0.673.